The number of hydrogen-bond donors (Lipinski definition) is 1. The number of amides is 1. The predicted octanol–water partition coefficient (Wildman–Crippen LogP) is 1.61. The summed E-state index contributed by atoms with van der Waals surface area (Å²) in [6, 6.07) is 13.1. The number of sulfonamides is 1. The van der Waals surface area contributed by atoms with Crippen molar-refractivity contribution in [1.82, 2.24) is 4.90 Å². The van der Waals surface area contributed by atoms with E-state index in [-0.39, 0.29) is 16.4 Å². The highest BCUT2D eigenvalue weighted by Crippen LogP contribution is 2.16. The lowest BCUT2D eigenvalue weighted by molar-refractivity contribution is 0.0784. The van der Waals surface area contributed by atoms with Crippen molar-refractivity contribution >= 4 is 15.9 Å². The Morgan fingerprint density at radius 1 is 1.17 bits per heavy atom. The molecule has 0 atom stereocenters. The van der Waals surface area contributed by atoms with Crippen LogP contribution in [0.25, 0.3) is 0 Å². The zero-order valence-electron chi connectivity index (χ0n) is 12.9. The second-order valence-electron chi connectivity index (χ2n) is 5.09. The van der Waals surface area contributed by atoms with Gasteiger partial charge >= 0.3 is 0 Å². The Labute approximate surface area is 135 Å². The number of primary sulfonamides is 1. The number of carbonyl (C=O) groups is 1. The van der Waals surface area contributed by atoms with Crippen molar-refractivity contribution in [1.29, 1.82) is 0 Å². The van der Waals surface area contributed by atoms with Gasteiger partial charge < -0.3 is 9.64 Å². The molecule has 2 rings (SSSR count). The summed E-state index contributed by atoms with van der Waals surface area (Å²) in [5, 5.41) is 5.09. The van der Waals surface area contributed by atoms with Gasteiger partial charge in [0.1, 0.15) is 5.75 Å². The Balaban J connectivity index is 2.19. The van der Waals surface area contributed by atoms with Crippen LogP contribution in [0.1, 0.15) is 15.9 Å². The number of ether oxygens (including phenoxy) is 1. The minimum absolute atomic E-state index is 0.0851. The Morgan fingerprint density at radius 2 is 1.87 bits per heavy atom. The van der Waals surface area contributed by atoms with Crippen LogP contribution in [0.2, 0.25) is 0 Å². The molecule has 1 amide bonds. The molecule has 0 aliphatic rings. The SMILES string of the molecule is COc1cccc(CN(C)C(=O)c2cccc(S(N)(=O)=O)c2)c1. The van der Waals surface area contributed by atoms with Gasteiger partial charge in [-0.25, -0.2) is 13.6 Å². The van der Waals surface area contributed by atoms with Gasteiger partial charge in [-0.05, 0) is 35.9 Å². The monoisotopic (exact) mass is 334 g/mol. The van der Waals surface area contributed by atoms with E-state index in [0.717, 1.165) is 5.56 Å². The van der Waals surface area contributed by atoms with Gasteiger partial charge in [0.05, 0.1) is 12.0 Å². The van der Waals surface area contributed by atoms with E-state index in [2.05, 4.69) is 0 Å². The van der Waals surface area contributed by atoms with Gasteiger partial charge in [-0.3, -0.25) is 4.79 Å². The molecule has 0 saturated carbocycles. The van der Waals surface area contributed by atoms with Crippen molar-refractivity contribution in [3.05, 3.63) is 59.7 Å². The molecule has 6 nitrogen and oxygen atoms in total. The lowest BCUT2D eigenvalue weighted by Gasteiger charge is -2.18. The quantitative estimate of drug-likeness (QED) is 0.899. The van der Waals surface area contributed by atoms with Crippen molar-refractivity contribution < 1.29 is 17.9 Å². The van der Waals surface area contributed by atoms with Gasteiger partial charge in [0.25, 0.3) is 5.91 Å². The minimum atomic E-state index is -3.84. The van der Waals surface area contributed by atoms with Crippen LogP contribution < -0.4 is 9.88 Å². The highest BCUT2D eigenvalue weighted by atomic mass is 32.2. The summed E-state index contributed by atoms with van der Waals surface area (Å²) in [4.78, 5) is 13.9. The summed E-state index contributed by atoms with van der Waals surface area (Å²) < 4.78 is 27.9. The van der Waals surface area contributed by atoms with Crippen LogP contribution in [0.3, 0.4) is 0 Å². The third-order valence-corrected chi connectivity index (χ3v) is 4.22. The average molecular weight is 334 g/mol. The van der Waals surface area contributed by atoms with E-state index in [9.17, 15) is 13.2 Å². The molecular formula is C16H18N2O4S. The highest BCUT2D eigenvalue weighted by Gasteiger charge is 2.15. The zero-order chi connectivity index (χ0) is 17.0. The first-order valence-corrected chi connectivity index (χ1v) is 8.37. The fraction of sp³-hybridized carbons (Fsp3) is 0.188. The van der Waals surface area contributed by atoms with Crippen molar-refractivity contribution in [3.8, 4) is 5.75 Å². The minimum Gasteiger partial charge on any atom is -0.497 e. The summed E-state index contributed by atoms with van der Waals surface area (Å²) >= 11 is 0. The number of benzene rings is 2. The van der Waals surface area contributed by atoms with Crippen LogP contribution in [-0.2, 0) is 16.6 Å². The molecule has 2 aromatic carbocycles. The first-order chi connectivity index (χ1) is 10.8. The molecule has 0 unspecified atom stereocenters. The third-order valence-electron chi connectivity index (χ3n) is 3.31. The van der Waals surface area contributed by atoms with Crippen LogP contribution in [0.5, 0.6) is 5.75 Å². The maximum Gasteiger partial charge on any atom is 0.253 e. The molecule has 0 radical (unpaired) electrons. The number of rotatable bonds is 5. The van der Waals surface area contributed by atoms with Crippen LogP contribution in [0.4, 0.5) is 0 Å². The molecular weight excluding hydrogens is 316 g/mol. The van der Waals surface area contributed by atoms with E-state index in [1.165, 1.54) is 23.1 Å². The van der Waals surface area contributed by atoms with Crippen LogP contribution in [0.15, 0.2) is 53.4 Å². The van der Waals surface area contributed by atoms with Crippen molar-refractivity contribution in [2.24, 2.45) is 5.14 Å². The number of nitrogens with two attached hydrogens (primary N) is 1. The first-order valence-electron chi connectivity index (χ1n) is 6.82. The second-order valence-corrected chi connectivity index (χ2v) is 6.65. The maximum atomic E-state index is 12.4. The van der Waals surface area contributed by atoms with E-state index < -0.39 is 10.0 Å². The van der Waals surface area contributed by atoms with Crippen molar-refractivity contribution in [2.75, 3.05) is 14.2 Å². The summed E-state index contributed by atoms with van der Waals surface area (Å²) in [6.07, 6.45) is 0. The molecule has 23 heavy (non-hydrogen) atoms. The molecule has 0 spiro atoms. The molecule has 0 heterocycles. The van der Waals surface area contributed by atoms with E-state index in [1.54, 1.807) is 20.2 Å². The predicted molar refractivity (Wildman–Crippen MR) is 86.6 cm³/mol. The zero-order valence-corrected chi connectivity index (χ0v) is 13.7. The van der Waals surface area contributed by atoms with Gasteiger partial charge in [0, 0.05) is 19.2 Å². The Bertz CT molecular complexity index is 818. The first kappa shape index (κ1) is 17.0. The average Bonchev–Trinajstić information content (AvgIpc) is 2.53. The van der Waals surface area contributed by atoms with Crippen molar-refractivity contribution in [3.63, 3.8) is 0 Å². The molecule has 7 heteroatoms. The molecule has 122 valence electrons. The normalized spacial score (nSPS) is 11.1. The second kappa shape index (κ2) is 6.80. The van der Waals surface area contributed by atoms with Gasteiger partial charge in [-0.2, -0.15) is 0 Å². The molecule has 0 aliphatic heterocycles. The Hall–Kier alpha value is -2.38. The Morgan fingerprint density at radius 3 is 2.52 bits per heavy atom. The van der Waals surface area contributed by atoms with Crippen LogP contribution in [0, 0.1) is 0 Å². The topological polar surface area (TPSA) is 89.7 Å². The lowest BCUT2D eigenvalue weighted by Crippen LogP contribution is -2.26. The Kier molecular flexibility index (Phi) is 5.02. The largest absolute Gasteiger partial charge is 0.497 e. The number of methoxy groups -OCH3 is 1. The fourth-order valence-corrected chi connectivity index (χ4v) is 2.70. The highest BCUT2D eigenvalue weighted by molar-refractivity contribution is 7.89. The smallest absolute Gasteiger partial charge is 0.253 e. The molecule has 0 bridgehead atoms. The van der Waals surface area contributed by atoms with Gasteiger partial charge in [0.15, 0.2) is 0 Å². The van der Waals surface area contributed by atoms with E-state index >= 15 is 0 Å². The summed E-state index contributed by atoms with van der Waals surface area (Å²) in [5.74, 6) is 0.415. The molecule has 0 aromatic heterocycles. The van der Waals surface area contributed by atoms with E-state index in [4.69, 9.17) is 9.88 Å². The summed E-state index contributed by atoms with van der Waals surface area (Å²) in [6.45, 7) is 0.371. The molecule has 0 saturated heterocycles. The molecule has 0 fully saturated rings. The van der Waals surface area contributed by atoms with E-state index in [1.807, 2.05) is 24.3 Å². The van der Waals surface area contributed by atoms with Crippen LogP contribution >= 0.6 is 0 Å². The molecule has 2 aromatic rings. The fourth-order valence-electron chi connectivity index (χ4n) is 2.14. The van der Waals surface area contributed by atoms with E-state index in [0.29, 0.717) is 12.3 Å². The summed E-state index contributed by atoms with van der Waals surface area (Å²) in [5.41, 5.74) is 1.17. The van der Waals surface area contributed by atoms with Gasteiger partial charge in [-0.1, -0.05) is 18.2 Å². The van der Waals surface area contributed by atoms with Crippen molar-refractivity contribution in [2.45, 2.75) is 11.4 Å². The van der Waals surface area contributed by atoms with Gasteiger partial charge in [-0.15, -0.1) is 0 Å². The number of carbonyl (C=O) groups excluding carboxylic acids is 1. The summed E-state index contributed by atoms with van der Waals surface area (Å²) in [7, 11) is -0.619. The van der Waals surface area contributed by atoms with Crippen LogP contribution in [-0.4, -0.2) is 33.4 Å². The number of nitrogens with zero attached hydrogens (tertiary/aromatic N) is 1. The van der Waals surface area contributed by atoms with Gasteiger partial charge in [0.2, 0.25) is 10.0 Å². The maximum absolute atomic E-state index is 12.4. The molecule has 2 N–H and O–H groups in total. The number of hydrogen-bond acceptors (Lipinski definition) is 4. The lowest BCUT2D eigenvalue weighted by atomic mass is 10.1. The third kappa shape index (κ3) is 4.30. The molecule has 0 aliphatic carbocycles. The standard InChI is InChI=1S/C16H18N2O4S/c1-18(11-12-5-3-7-14(9-12)22-2)16(19)13-6-4-8-15(10-13)23(17,20)21/h3-10H,11H2,1-2H3,(H2,17,20,21).